The van der Waals surface area contributed by atoms with Gasteiger partial charge in [0.05, 0.1) is 16.6 Å². The van der Waals surface area contributed by atoms with Gasteiger partial charge in [0.2, 0.25) is 0 Å². The normalized spacial score (nSPS) is 11.4. The molecule has 1 heterocycles. The van der Waals surface area contributed by atoms with Crippen molar-refractivity contribution in [3.8, 4) is 5.69 Å². The van der Waals surface area contributed by atoms with Crippen LogP contribution in [0.5, 0.6) is 0 Å². The van der Waals surface area contributed by atoms with Crippen LogP contribution in [0.25, 0.3) is 28.7 Å². The fourth-order valence-electron chi connectivity index (χ4n) is 3.14. The Bertz CT molecular complexity index is 1280. The number of fused-ring (bicyclic) bond motifs is 1. The van der Waals surface area contributed by atoms with Crippen LogP contribution >= 0.6 is 22.6 Å². The van der Waals surface area contributed by atoms with Crippen LogP contribution in [-0.2, 0) is 0 Å². The average molecular weight is 482 g/mol. The summed E-state index contributed by atoms with van der Waals surface area (Å²) in [6, 6.07) is 19.6. The minimum absolute atomic E-state index is 0.150. The maximum Gasteiger partial charge on any atom is 0.266 e. The molecule has 5 heteroatoms. The monoisotopic (exact) mass is 482 g/mol. The van der Waals surface area contributed by atoms with Crippen molar-refractivity contribution >= 4 is 45.6 Å². The van der Waals surface area contributed by atoms with Crippen molar-refractivity contribution in [2.75, 3.05) is 0 Å². The minimum atomic E-state index is -0.320. The molecule has 0 radical (unpaired) electrons. The molecule has 28 heavy (non-hydrogen) atoms. The summed E-state index contributed by atoms with van der Waals surface area (Å²) in [4.78, 5) is 18.0. The zero-order valence-corrected chi connectivity index (χ0v) is 17.2. The smallest absolute Gasteiger partial charge is 0.266 e. The molecule has 0 atom stereocenters. The Morgan fingerprint density at radius 1 is 1.00 bits per heavy atom. The Morgan fingerprint density at radius 3 is 2.54 bits per heavy atom. The maximum atomic E-state index is 14.0. The van der Waals surface area contributed by atoms with E-state index in [4.69, 9.17) is 0 Å². The highest BCUT2D eigenvalue weighted by atomic mass is 127. The van der Waals surface area contributed by atoms with Gasteiger partial charge in [0.1, 0.15) is 11.6 Å². The third-order valence-corrected chi connectivity index (χ3v) is 5.19. The number of hydrogen-bond donors (Lipinski definition) is 0. The molecular weight excluding hydrogens is 466 g/mol. The molecule has 0 spiro atoms. The van der Waals surface area contributed by atoms with Gasteiger partial charge in [-0.1, -0.05) is 30.3 Å². The van der Waals surface area contributed by atoms with Gasteiger partial charge in [0.15, 0.2) is 0 Å². The molecular formula is C23H16FIN2O. The highest BCUT2D eigenvalue weighted by Crippen LogP contribution is 2.20. The molecule has 1 aromatic heterocycles. The first-order valence-electron chi connectivity index (χ1n) is 8.75. The number of halogens is 2. The predicted octanol–water partition coefficient (Wildman–Crippen LogP) is 5.61. The van der Waals surface area contributed by atoms with E-state index in [-0.39, 0.29) is 11.4 Å². The van der Waals surface area contributed by atoms with Crippen molar-refractivity contribution < 1.29 is 4.39 Å². The van der Waals surface area contributed by atoms with E-state index in [0.717, 1.165) is 14.8 Å². The molecule has 0 aliphatic carbocycles. The summed E-state index contributed by atoms with van der Waals surface area (Å²) < 4.78 is 16.7. The molecule has 0 saturated heterocycles. The molecule has 3 nitrogen and oxygen atoms in total. The predicted molar refractivity (Wildman–Crippen MR) is 120 cm³/mol. The molecule has 0 amide bonds. The van der Waals surface area contributed by atoms with E-state index in [1.165, 1.54) is 6.07 Å². The van der Waals surface area contributed by atoms with Gasteiger partial charge in [-0.15, -0.1) is 0 Å². The lowest BCUT2D eigenvalue weighted by molar-refractivity contribution is 0.625. The Hall–Kier alpha value is -2.80. The van der Waals surface area contributed by atoms with Crippen molar-refractivity contribution in [1.82, 2.24) is 9.55 Å². The van der Waals surface area contributed by atoms with Crippen molar-refractivity contribution in [2.24, 2.45) is 0 Å². The summed E-state index contributed by atoms with van der Waals surface area (Å²) in [7, 11) is 0. The summed E-state index contributed by atoms with van der Waals surface area (Å²) in [6.07, 6.45) is 3.33. The molecule has 0 aliphatic rings. The van der Waals surface area contributed by atoms with Gasteiger partial charge in [-0.05, 0) is 83.6 Å². The van der Waals surface area contributed by atoms with E-state index < -0.39 is 0 Å². The molecule has 0 aliphatic heterocycles. The molecule has 0 bridgehead atoms. The van der Waals surface area contributed by atoms with Gasteiger partial charge in [0, 0.05) is 9.13 Å². The number of aryl methyl sites for hydroxylation is 1. The molecule has 138 valence electrons. The summed E-state index contributed by atoms with van der Waals surface area (Å²) in [5.41, 5.74) is 2.63. The molecule has 0 unspecified atom stereocenters. The Balaban J connectivity index is 1.99. The number of rotatable bonds is 3. The second-order valence-corrected chi connectivity index (χ2v) is 7.66. The standard InChI is InChI=1S/C23H16FIN2O/c1-15-14-17(25)11-12-21(15)27-22(13-10-16-6-2-4-8-19(16)24)26-20-9-5-3-7-18(20)23(27)28/h2-14H,1H3. The van der Waals surface area contributed by atoms with Gasteiger partial charge in [-0.3, -0.25) is 9.36 Å². The Morgan fingerprint density at radius 2 is 1.75 bits per heavy atom. The molecule has 0 fully saturated rings. The number of nitrogens with zero attached hydrogens (tertiary/aromatic N) is 2. The summed E-state index contributed by atoms with van der Waals surface area (Å²) >= 11 is 2.24. The topological polar surface area (TPSA) is 34.9 Å². The van der Waals surface area contributed by atoms with Crippen LogP contribution in [0.3, 0.4) is 0 Å². The van der Waals surface area contributed by atoms with Crippen LogP contribution in [0.2, 0.25) is 0 Å². The lowest BCUT2D eigenvalue weighted by Gasteiger charge is -2.14. The van der Waals surface area contributed by atoms with Gasteiger partial charge >= 0.3 is 0 Å². The van der Waals surface area contributed by atoms with E-state index in [1.54, 1.807) is 41.0 Å². The third kappa shape index (κ3) is 3.49. The van der Waals surface area contributed by atoms with Crippen molar-refractivity contribution in [3.05, 3.63) is 103 Å². The Labute approximate surface area is 175 Å². The quantitative estimate of drug-likeness (QED) is 0.356. The van der Waals surface area contributed by atoms with E-state index in [9.17, 15) is 9.18 Å². The number of hydrogen-bond acceptors (Lipinski definition) is 2. The van der Waals surface area contributed by atoms with Gasteiger partial charge in [-0.25, -0.2) is 9.37 Å². The Kier molecular flexibility index (Phi) is 5.09. The lowest BCUT2D eigenvalue weighted by atomic mass is 10.1. The van der Waals surface area contributed by atoms with Crippen molar-refractivity contribution in [1.29, 1.82) is 0 Å². The second kappa shape index (κ2) is 7.67. The lowest BCUT2D eigenvalue weighted by Crippen LogP contribution is -2.23. The van der Waals surface area contributed by atoms with Crippen molar-refractivity contribution in [3.63, 3.8) is 0 Å². The number of aromatic nitrogens is 2. The van der Waals surface area contributed by atoms with Crippen LogP contribution in [-0.4, -0.2) is 9.55 Å². The van der Waals surface area contributed by atoms with E-state index in [1.807, 2.05) is 43.3 Å². The van der Waals surface area contributed by atoms with E-state index >= 15 is 0 Å². The van der Waals surface area contributed by atoms with Crippen molar-refractivity contribution in [2.45, 2.75) is 6.92 Å². The SMILES string of the molecule is Cc1cc(I)ccc1-n1c(C=Cc2ccccc2F)nc2ccccc2c1=O. The van der Waals surface area contributed by atoms with Crippen LogP contribution in [0.15, 0.2) is 71.5 Å². The zero-order valence-electron chi connectivity index (χ0n) is 15.1. The fourth-order valence-corrected chi connectivity index (χ4v) is 3.79. The first kappa shape index (κ1) is 18.6. The highest BCUT2D eigenvalue weighted by molar-refractivity contribution is 14.1. The first-order valence-corrected chi connectivity index (χ1v) is 9.83. The summed E-state index contributed by atoms with van der Waals surface area (Å²) in [6.45, 7) is 1.96. The highest BCUT2D eigenvalue weighted by Gasteiger charge is 2.13. The molecule has 0 N–H and O–H groups in total. The van der Waals surface area contributed by atoms with E-state index in [2.05, 4.69) is 27.6 Å². The van der Waals surface area contributed by atoms with Crippen LogP contribution in [0.1, 0.15) is 17.0 Å². The minimum Gasteiger partial charge on any atom is -0.268 e. The first-order chi connectivity index (χ1) is 13.5. The van der Waals surface area contributed by atoms with Gasteiger partial charge in [-0.2, -0.15) is 0 Å². The third-order valence-electron chi connectivity index (χ3n) is 4.52. The molecule has 3 aromatic carbocycles. The van der Waals surface area contributed by atoms with Gasteiger partial charge < -0.3 is 0 Å². The van der Waals surface area contributed by atoms with Crippen LogP contribution in [0, 0.1) is 16.3 Å². The van der Waals surface area contributed by atoms with Gasteiger partial charge in [0.25, 0.3) is 5.56 Å². The average Bonchev–Trinajstić information content (AvgIpc) is 2.68. The summed E-state index contributed by atoms with van der Waals surface area (Å²) in [5, 5.41) is 0.545. The van der Waals surface area contributed by atoms with E-state index in [0.29, 0.717) is 22.3 Å². The fraction of sp³-hybridized carbons (Fsp3) is 0.0435. The maximum absolute atomic E-state index is 14.0. The largest absolute Gasteiger partial charge is 0.268 e. The molecule has 0 saturated carbocycles. The van der Waals surface area contributed by atoms with Crippen LogP contribution < -0.4 is 5.56 Å². The number of benzene rings is 3. The van der Waals surface area contributed by atoms with Crippen LogP contribution in [0.4, 0.5) is 4.39 Å². The summed E-state index contributed by atoms with van der Waals surface area (Å²) in [5.74, 6) is 0.134. The zero-order chi connectivity index (χ0) is 19.7. The second-order valence-electron chi connectivity index (χ2n) is 6.41. The number of para-hydroxylation sites is 1. The molecule has 4 aromatic rings. The molecule has 4 rings (SSSR count).